The number of ether oxygens (including phenoxy) is 2. The number of nitrogens with zero attached hydrogens (tertiary/aromatic N) is 1. The number of hydrogen-bond donors (Lipinski definition) is 2. The lowest BCUT2D eigenvalue weighted by atomic mass is 10.1. The highest BCUT2D eigenvalue weighted by Gasteiger charge is 2.18. The molecule has 0 aliphatic rings. The number of anilines is 4. The van der Waals surface area contributed by atoms with Crippen molar-refractivity contribution in [3.05, 3.63) is 72.3 Å². The molecule has 6 nitrogen and oxygen atoms in total. The Morgan fingerprint density at radius 3 is 1.72 bits per heavy atom. The van der Waals surface area contributed by atoms with E-state index in [2.05, 4.69) is 27.7 Å². The Hall–Kier alpha value is -3.67. The third kappa shape index (κ3) is 4.79. The maximum atomic E-state index is 12.7. The van der Waals surface area contributed by atoms with Gasteiger partial charge in [0.25, 0.3) is 5.91 Å². The largest absolute Gasteiger partial charge is 0.496 e. The predicted octanol–water partition coefficient (Wildman–Crippen LogP) is 4.77. The summed E-state index contributed by atoms with van der Waals surface area (Å²) < 4.78 is 10.6. The highest BCUT2D eigenvalue weighted by atomic mass is 16.5. The lowest BCUT2D eigenvalue weighted by molar-refractivity contribution is 0.102. The van der Waals surface area contributed by atoms with E-state index >= 15 is 0 Å². The molecule has 1 amide bonds. The van der Waals surface area contributed by atoms with Crippen LogP contribution in [0.3, 0.4) is 0 Å². The Morgan fingerprint density at radius 2 is 1.24 bits per heavy atom. The molecule has 0 radical (unpaired) electrons. The molecule has 150 valence electrons. The van der Waals surface area contributed by atoms with Crippen molar-refractivity contribution in [3.63, 3.8) is 0 Å². The summed E-state index contributed by atoms with van der Waals surface area (Å²) in [4.78, 5) is 14.8. The van der Waals surface area contributed by atoms with Crippen molar-refractivity contribution in [2.45, 2.75) is 0 Å². The SMILES string of the molecule is COc1cccc(OC)c1C(=O)Nc1ccc(Nc2ccc(N(C)C)cc2)cc1. The van der Waals surface area contributed by atoms with Gasteiger partial charge in [0, 0.05) is 36.8 Å². The van der Waals surface area contributed by atoms with Gasteiger partial charge >= 0.3 is 0 Å². The van der Waals surface area contributed by atoms with Crippen molar-refractivity contribution in [2.75, 3.05) is 43.8 Å². The first-order valence-corrected chi connectivity index (χ1v) is 9.18. The van der Waals surface area contributed by atoms with Gasteiger partial charge in [0.05, 0.1) is 14.2 Å². The van der Waals surface area contributed by atoms with Crippen LogP contribution in [0.1, 0.15) is 10.4 Å². The van der Waals surface area contributed by atoms with Gasteiger partial charge in [-0.15, -0.1) is 0 Å². The van der Waals surface area contributed by atoms with Crippen LogP contribution in [0.4, 0.5) is 22.7 Å². The first kappa shape index (κ1) is 20.1. The molecule has 0 unspecified atom stereocenters. The molecule has 0 bridgehead atoms. The van der Waals surface area contributed by atoms with Crippen molar-refractivity contribution < 1.29 is 14.3 Å². The predicted molar refractivity (Wildman–Crippen MR) is 118 cm³/mol. The van der Waals surface area contributed by atoms with Crippen molar-refractivity contribution >= 4 is 28.7 Å². The minimum atomic E-state index is -0.292. The third-order valence-corrected chi connectivity index (χ3v) is 4.47. The Balaban J connectivity index is 1.70. The Morgan fingerprint density at radius 1 is 0.759 bits per heavy atom. The normalized spacial score (nSPS) is 10.2. The zero-order valence-corrected chi connectivity index (χ0v) is 17.0. The molecule has 0 saturated carbocycles. The highest BCUT2D eigenvalue weighted by molar-refractivity contribution is 6.08. The van der Waals surface area contributed by atoms with Gasteiger partial charge in [-0.05, 0) is 60.7 Å². The van der Waals surface area contributed by atoms with Crippen LogP contribution in [-0.2, 0) is 0 Å². The number of benzene rings is 3. The van der Waals surface area contributed by atoms with E-state index in [1.165, 1.54) is 14.2 Å². The van der Waals surface area contributed by atoms with Crippen LogP contribution < -0.4 is 25.0 Å². The minimum absolute atomic E-state index is 0.292. The van der Waals surface area contributed by atoms with Gasteiger partial charge in [-0.3, -0.25) is 4.79 Å². The van der Waals surface area contributed by atoms with Gasteiger partial charge in [0.2, 0.25) is 0 Å². The second kappa shape index (κ2) is 9.01. The van der Waals surface area contributed by atoms with E-state index in [1.54, 1.807) is 18.2 Å². The van der Waals surface area contributed by atoms with E-state index in [0.29, 0.717) is 22.7 Å². The monoisotopic (exact) mass is 391 g/mol. The number of hydrogen-bond acceptors (Lipinski definition) is 5. The van der Waals surface area contributed by atoms with Crippen molar-refractivity contribution in [1.29, 1.82) is 0 Å². The Bertz CT molecular complexity index is 945. The molecular formula is C23H25N3O3. The smallest absolute Gasteiger partial charge is 0.263 e. The van der Waals surface area contributed by atoms with Crippen LogP contribution in [0.15, 0.2) is 66.7 Å². The van der Waals surface area contributed by atoms with Crippen molar-refractivity contribution in [3.8, 4) is 11.5 Å². The molecule has 29 heavy (non-hydrogen) atoms. The first-order valence-electron chi connectivity index (χ1n) is 9.18. The van der Waals surface area contributed by atoms with Crippen LogP contribution in [-0.4, -0.2) is 34.2 Å². The zero-order chi connectivity index (χ0) is 20.8. The van der Waals surface area contributed by atoms with E-state index < -0.39 is 0 Å². The first-order chi connectivity index (χ1) is 14.0. The Labute approximate surface area is 171 Å². The summed E-state index contributed by atoms with van der Waals surface area (Å²) in [5, 5.41) is 6.23. The number of carbonyl (C=O) groups is 1. The quantitative estimate of drug-likeness (QED) is 0.608. The van der Waals surface area contributed by atoms with E-state index in [1.807, 2.05) is 50.5 Å². The highest BCUT2D eigenvalue weighted by Crippen LogP contribution is 2.29. The minimum Gasteiger partial charge on any atom is -0.496 e. The maximum Gasteiger partial charge on any atom is 0.263 e. The van der Waals surface area contributed by atoms with Gasteiger partial charge in [0.1, 0.15) is 17.1 Å². The molecule has 3 aromatic rings. The van der Waals surface area contributed by atoms with E-state index in [9.17, 15) is 4.79 Å². The van der Waals surface area contributed by atoms with Crippen LogP contribution in [0.2, 0.25) is 0 Å². The summed E-state index contributed by atoms with van der Waals surface area (Å²) in [6.45, 7) is 0. The summed E-state index contributed by atoms with van der Waals surface area (Å²) in [7, 11) is 7.07. The number of carbonyl (C=O) groups excluding carboxylic acids is 1. The average Bonchev–Trinajstić information content (AvgIpc) is 2.74. The summed E-state index contributed by atoms with van der Waals surface area (Å²) >= 11 is 0. The fourth-order valence-corrected chi connectivity index (χ4v) is 2.92. The molecule has 6 heteroatoms. The fourth-order valence-electron chi connectivity index (χ4n) is 2.92. The van der Waals surface area contributed by atoms with Crippen LogP contribution in [0.5, 0.6) is 11.5 Å². The molecule has 0 heterocycles. The van der Waals surface area contributed by atoms with E-state index in [4.69, 9.17) is 9.47 Å². The molecule has 0 atom stereocenters. The molecule has 3 aromatic carbocycles. The van der Waals surface area contributed by atoms with Gasteiger partial charge in [-0.1, -0.05) is 6.07 Å². The fraction of sp³-hybridized carbons (Fsp3) is 0.174. The van der Waals surface area contributed by atoms with E-state index in [0.717, 1.165) is 17.1 Å². The number of rotatable bonds is 7. The molecular weight excluding hydrogens is 366 g/mol. The molecule has 2 N–H and O–H groups in total. The molecule has 0 aliphatic carbocycles. The Kier molecular flexibility index (Phi) is 6.24. The summed E-state index contributed by atoms with van der Waals surface area (Å²) in [6.07, 6.45) is 0. The number of amides is 1. The summed E-state index contributed by atoms with van der Waals surface area (Å²) in [5.74, 6) is 0.627. The second-order valence-electron chi connectivity index (χ2n) is 6.64. The third-order valence-electron chi connectivity index (χ3n) is 4.47. The average molecular weight is 391 g/mol. The number of methoxy groups -OCH3 is 2. The van der Waals surface area contributed by atoms with Gasteiger partial charge in [-0.2, -0.15) is 0 Å². The van der Waals surface area contributed by atoms with Crippen LogP contribution in [0, 0.1) is 0 Å². The number of nitrogens with one attached hydrogen (secondary N) is 2. The second-order valence-corrected chi connectivity index (χ2v) is 6.64. The summed E-state index contributed by atoms with van der Waals surface area (Å²) in [6, 6.07) is 20.9. The summed E-state index contributed by atoms with van der Waals surface area (Å²) in [5.41, 5.74) is 4.10. The van der Waals surface area contributed by atoms with Crippen molar-refractivity contribution in [1.82, 2.24) is 0 Å². The molecule has 0 aliphatic heterocycles. The standard InChI is InChI=1S/C23H25N3O3/c1-26(2)19-14-12-17(13-15-19)24-16-8-10-18(11-9-16)25-23(27)22-20(28-3)6-5-7-21(22)29-4/h5-15,24H,1-4H3,(H,25,27). The van der Waals surface area contributed by atoms with Gasteiger partial charge in [0.15, 0.2) is 0 Å². The molecule has 0 fully saturated rings. The lowest BCUT2D eigenvalue weighted by Crippen LogP contribution is -2.14. The lowest BCUT2D eigenvalue weighted by Gasteiger charge is -2.14. The molecule has 0 saturated heterocycles. The van der Waals surface area contributed by atoms with Gasteiger partial charge < -0.3 is 25.0 Å². The van der Waals surface area contributed by atoms with Crippen molar-refractivity contribution in [2.24, 2.45) is 0 Å². The zero-order valence-electron chi connectivity index (χ0n) is 17.0. The van der Waals surface area contributed by atoms with Gasteiger partial charge in [-0.25, -0.2) is 0 Å². The molecule has 3 rings (SSSR count). The van der Waals surface area contributed by atoms with Crippen LogP contribution in [0.25, 0.3) is 0 Å². The maximum absolute atomic E-state index is 12.7. The molecule has 0 aromatic heterocycles. The van der Waals surface area contributed by atoms with E-state index in [-0.39, 0.29) is 5.91 Å². The van der Waals surface area contributed by atoms with Crippen LogP contribution >= 0.6 is 0 Å². The topological polar surface area (TPSA) is 62.8 Å². The molecule has 0 spiro atoms.